The van der Waals surface area contributed by atoms with Crippen LogP contribution in [-0.4, -0.2) is 30.5 Å². The highest BCUT2D eigenvalue weighted by molar-refractivity contribution is 5.43. The van der Waals surface area contributed by atoms with Gasteiger partial charge in [0, 0.05) is 24.8 Å². The summed E-state index contributed by atoms with van der Waals surface area (Å²) < 4.78 is 17.4. The second-order valence-corrected chi connectivity index (χ2v) is 6.14. The molecule has 0 aliphatic carbocycles. The van der Waals surface area contributed by atoms with E-state index >= 15 is 0 Å². The first-order chi connectivity index (χ1) is 10.2. The fourth-order valence-corrected chi connectivity index (χ4v) is 3.52. The van der Waals surface area contributed by atoms with E-state index in [4.69, 9.17) is 14.2 Å². The van der Waals surface area contributed by atoms with Crippen molar-refractivity contribution in [3.8, 4) is 11.5 Å². The predicted molar refractivity (Wildman–Crippen MR) is 79.8 cm³/mol. The van der Waals surface area contributed by atoms with Crippen LogP contribution in [-0.2, 0) is 4.74 Å². The normalized spacial score (nSPS) is 31.6. The molecule has 2 aliphatic rings. The summed E-state index contributed by atoms with van der Waals surface area (Å²) in [5.41, 5.74) is 0.553. The van der Waals surface area contributed by atoms with Crippen molar-refractivity contribution < 1.29 is 19.3 Å². The van der Waals surface area contributed by atoms with Gasteiger partial charge < -0.3 is 19.3 Å². The monoisotopic (exact) mass is 292 g/mol. The molecule has 3 atom stereocenters. The van der Waals surface area contributed by atoms with Gasteiger partial charge >= 0.3 is 0 Å². The highest BCUT2D eigenvalue weighted by Crippen LogP contribution is 2.46. The van der Waals surface area contributed by atoms with Crippen LogP contribution in [0.5, 0.6) is 11.5 Å². The summed E-state index contributed by atoms with van der Waals surface area (Å²) >= 11 is 0. The molecule has 4 heteroatoms. The second-order valence-electron chi connectivity index (χ2n) is 6.14. The maximum atomic E-state index is 10.5. The summed E-state index contributed by atoms with van der Waals surface area (Å²) in [5, 5.41) is 10.5. The van der Waals surface area contributed by atoms with E-state index < -0.39 is 6.10 Å². The Balaban J connectivity index is 1.83. The molecule has 1 saturated heterocycles. The van der Waals surface area contributed by atoms with Gasteiger partial charge in [0.25, 0.3) is 0 Å². The zero-order chi connectivity index (χ0) is 14.9. The van der Waals surface area contributed by atoms with Gasteiger partial charge in [-0.3, -0.25) is 0 Å². The van der Waals surface area contributed by atoms with Gasteiger partial charge in [-0.1, -0.05) is 13.3 Å². The first-order valence-electron chi connectivity index (χ1n) is 7.82. The van der Waals surface area contributed by atoms with E-state index in [1.54, 1.807) is 7.11 Å². The molecule has 2 aliphatic heterocycles. The molecule has 3 rings (SSSR count). The maximum Gasteiger partial charge on any atom is 0.126 e. The smallest absolute Gasteiger partial charge is 0.126 e. The number of hydrogen-bond acceptors (Lipinski definition) is 4. The average molecular weight is 292 g/mol. The standard InChI is InChI=1S/C17H24O4/c1-3-4-13-10-17(7-8-20-13)11-15(18)14-9-12(19-2)5-6-16(14)21-17/h5-6,9,13,15,18H,3-4,7-8,10-11H2,1-2H3/t13?,15-,17?/m0/s1. The van der Waals surface area contributed by atoms with Crippen LogP contribution in [0, 0.1) is 0 Å². The first-order valence-corrected chi connectivity index (χ1v) is 7.82. The van der Waals surface area contributed by atoms with E-state index in [-0.39, 0.29) is 11.7 Å². The predicted octanol–water partition coefficient (Wildman–Crippen LogP) is 3.23. The lowest BCUT2D eigenvalue weighted by Crippen LogP contribution is -2.48. The van der Waals surface area contributed by atoms with Crippen LogP contribution in [0.1, 0.15) is 50.7 Å². The third kappa shape index (κ3) is 2.87. The zero-order valence-electron chi connectivity index (χ0n) is 12.8. The number of fused-ring (bicyclic) bond motifs is 1. The lowest BCUT2D eigenvalue weighted by Gasteiger charge is -2.45. The van der Waals surface area contributed by atoms with Crippen LogP contribution in [0.3, 0.4) is 0 Å². The van der Waals surface area contributed by atoms with Crippen molar-refractivity contribution in [2.75, 3.05) is 13.7 Å². The number of hydrogen-bond donors (Lipinski definition) is 1. The molecule has 1 aromatic rings. The number of aliphatic hydroxyl groups is 1. The Morgan fingerprint density at radius 2 is 2.24 bits per heavy atom. The van der Waals surface area contributed by atoms with Crippen molar-refractivity contribution in [2.45, 2.75) is 56.8 Å². The Bertz CT molecular complexity index is 500. The molecular weight excluding hydrogens is 268 g/mol. The van der Waals surface area contributed by atoms with Gasteiger partial charge in [-0.2, -0.15) is 0 Å². The molecule has 0 bridgehead atoms. The van der Waals surface area contributed by atoms with Crippen molar-refractivity contribution in [1.29, 1.82) is 0 Å². The number of benzene rings is 1. The Morgan fingerprint density at radius 3 is 3.00 bits per heavy atom. The molecule has 0 aromatic heterocycles. The van der Waals surface area contributed by atoms with Gasteiger partial charge in [-0.25, -0.2) is 0 Å². The summed E-state index contributed by atoms with van der Waals surface area (Å²) in [6.07, 6.45) is 4.25. The topological polar surface area (TPSA) is 47.9 Å². The van der Waals surface area contributed by atoms with E-state index in [2.05, 4.69) is 6.92 Å². The maximum absolute atomic E-state index is 10.5. The van der Waals surface area contributed by atoms with Gasteiger partial charge in [-0.15, -0.1) is 0 Å². The summed E-state index contributed by atoms with van der Waals surface area (Å²) in [6.45, 7) is 2.88. The molecule has 1 spiro atoms. The number of rotatable bonds is 3. The largest absolute Gasteiger partial charge is 0.497 e. The molecule has 1 fully saturated rings. The molecular formula is C17H24O4. The van der Waals surface area contributed by atoms with Gasteiger partial charge in [0.15, 0.2) is 0 Å². The fourth-order valence-electron chi connectivity index (χ4n) is 3.52. The lowest BCUT2D eigenvalue weighted by molar-refractivity contribution is -0.118. The lowest BCUT2D eigenvalue weighted by atomic mass is 9.80. The molecule has 0 radical (unpaired) electrons. The van der Waals surface area contributed by atoms with Crippen LogP contribution in [0.2, 0.25) is 0 Å². The molecule has 0 saturated carbocycles. The molecule has 21 heavy (non-hydrogen) atoms. The Labute approximate surface area is 126 Å². The van der Waals surface area contributed by atoms with Crippen molar-refractivity contribution in [2.24, 2.45) is 0 Å². The molecule has 0 amide bonds. The number of methoxy groups -OCH3 is 1. The van der Waals surface area contributed by atoms with Gasteiger partial charge in [0.2, 0.25) is 0 Å². The highest BCUT2D eigenvalue weighted by atomic mass is 16.5. The minimum Gasteiger partial charge on any atom is -0.497 e. The van der Waals surface area contributed by atoms with Crippen LogP contribution in [0.25, 0.3) is 0 Å². The van der Waals surface area contributed by atoms with Gasteiger partial charge in [-0.05, 0) is 24.6 Å². The first kappa shape index (κ1) is 14.7. The van der Waals surface area contributed by atoms with Crippen LogP contribution in [0.4, 0.5) is 0 Å². The summed E-state index contributed by atoms with van der Waals surface area (Å²) in [5.74, 6) is 1.54. The quantitative estimate of drug-likeness (QED) is 0.929. The Morgan fingerprint density at radius 1 is 1.38 bits per heavy atom. The van der Waals surface area contributed by atoms with Gasteiger partial charge in [0.1, 0.15) is 17.1 Å². The van der Waals surface area contributed by atoms with Crippen molar-refractivity contribution in [3.05, 3.63) is 23.8 Å². The van der Waals surface area contributed by atoms with E-state index in [1.165, 1.54) is 0 Å². The van der Waals surface area contributed by atoms with E-state index in [1.807, 2.05) is 18.2 Å². The minimum atomic E-state index is -0.496. The highest BCUT2D eigenvalue weighted by Gasteiger charge is 2.44. The Kier molecular flexibility index (Phi) is 4.09. The summed E-state index contributed by atoms with van der Waals surface area (Å²) in [6, 6.07) is 5.66. The van der Waals surface area contributed by atoms with E-state index in [0.717, 1.165) is 42.7 Å². The van der Waals surface area contributed by atoms with Crippen molar-refractivity contribution >= 4 is 0 Å². The molecule has 4 nitrogen and oxygen atoms in total. The van der Waals surface area contributed by atoms with Gasteiger partial charge in [0.05, 0.1) is 25.9 Å². The summed E-state index contributed by atoms with van der Waals surface area (Å²) in [4.78, 5) is 0. The van der Waals surface area contributed by atoms with Crippen LogP contribution >= 0.6 is 0 Å². The Hall–Kier alpha value is -1.26. The third-order valence-electron chi connectivity index (χ3n) is 4.59. The SMILES string of the molecule is CCCC1CC2(CCO1)C[C@H](O)c1cc(OC)ccc1O2. The van der Waals surface area contributed by atoms with Crippen molar-refractivity contribution in [1.82, 2.24) is 0 Å². The van der Waals surface area contributed by atoms with E-state index in [0.29, 0.717) is 13.0 Å². The third-order valence-corrected chi connectivity index (χ3v) is 4.59. The minimum absolute atomic E-state index is 0.246. The van der Waals surface area contributed by atoms with Crippen molar-refractivity contribution in [3.63, 3.8) is 0 Å². The molecule has 116 valence electrons. The average Bonchev–Trinajstić information content (AvgIpc) is 2.47. The molecule has 2 unspecified atom stereocenters. The number of ether oxygens (including phenoxy) is 3. The zero-order valence-corrected chi connectivity index (χ0v) is 12.8. The van der Waals surface area contributed by atoms with Crippen LogP contribution in [0.15, 0.2) is 18.2 Å². The molecule has 2 heterocycles. The second kappa shape index (κ2) is 5.85. The van der Waals surface area contributed by atoms with Crippen LogP contribution < -0.4 is 9.47 Å². The number of aliphatic hydroxyl groups excluding tert-OH is 1. The summed E-state index contributed by atoms with van der Waals surface area (Å²) in [7, 11) is 1.63. The van der Waals surface area contributed by atoms with E-state index in [9.17, 15) is 5.11 Å². The fraction of sp³-hybridized carbons (Fsp3) is 0.647. The molecule has 1 N–H and O–H groups in total. The molecule has 1 aromatic carbocycles.